The summed E-state index contributed by atoms with van der Waals surface area (Å²) in [4.78, 5) is 29.4. The highest BCUT2D eigenvalue weighted by Crippen LogP contribution is 2.27. The van der Waals surface area contributed by atoms with Crippen LogP contribution in [0.4, 0.5) is 0 Å². The number of carbonyl (C=O) groups is 1. The van der Waals surface area contributed by atoms with Gasteiger partial charge in [0.15, 0.2) is 16.4 Å². The predicted molar refractivity (Wildman–Crippen MR) is 150 cm³/mol. The van der Waals surface area contributed by atoms with E-state index >= 15 is 0 Å². The molecule has 1 N–H and O–H groups in total. The third-order valence-electron chi connectivity index (χ3n) is 6.11. The second-order valence-electron chi connectivity index (χ2n) is 9.01. The molecular weight excluding hydrogens is 547 g/mol. The molecule has 0 unspecified atom stereocenters. The van der Waals surface area contributed by atoms with E-state index in [1.54, 1.807) is 43.4 Å². The van der Waals surface area contributed by atoms with Gasteiger partial charge in [0, 0.05) is 30.8 Å². The van der Waals surface area contributed by atoms with Crippen LogP contribution >= 0.6 is 23.2 Å². The SMILES string of the molecule is CN(Cc1ccc(Cl)c(Cl)c1)C(=O)COc1ccc2[nH]c(=O)c(S(C)(=O)=O)c(CCc3ccccc3)c2c1. The van der Waals surface area contributed by atoms with Crippen LogP contribution in [0.1, 0.15) is 16.7 Å². The topological polar surface area (TPSA) is 96.5 Å². The Morgan fingerprint density at radius 3 is 2.37 bits per heavy atom. The van der Waals surface area contributed by atoms with E-state index in [0.29, 0.717) is 51.6 Å². The van der Waals surface area contributed by atoms with Crippen molar-refractivity contribution in [2.45, 2.75) is 24.3 Å². The van der Waals surface area contributed by atoms with E-state index in [2.05, 4.69) is 4.98 Å². The fraction of sp³-hybridized carbons (Fsp3) is 0.214. The normalized spacial score (nSPS) is 11.5. The summed E-state index contributed by atoms with van der Waals surface area (Å²) in [6.45, 7) is 0.0877. The zero-order valence-electron chi connectivity index (χ0n) is 20.8. The molecule has 0 aliphatic heterocycles. The molecule has 3 aromatic carbocycles. The average Bonchev–Trinajstić information content (AvgIpc) is 2.87. The Morgan fingerprint density at radius 2 is 1.68 bits per heavy atom. The lowest BCUT2D eigenvalue weighted by molar-refractivity contribution is -0.132. The molecule has 0 atom stereocenters. The largest absolute Gasteiger partial charge is 0.484 e. The molecule has 0 fully saturated rings. The van der Waals surface area contributed by atoms with Gasteiger partial charge in [-0.05, 0) is 59.9 Å². The zero-order chi connectivity index (χ0) is 27.4. The highest BCUT2D eigenvalue weighted by atomic mass is 35.5. The van der Waals surface area contributed by atoms with E-state index in [-0.39, 0.29) is 17.4 Å². The maximum Gasteiger partial charge on any atom is 0.267 e. The molecule has 4 rings (SSSR count). The van der Waals surface area contributed by atoms with Gasteiger partial charge in [-0.1, -0.05) is 59.6 Å². The van der Waals surface area contributed by atoms with Crippen LogP contribution in [0.3, 0.4) is 0 Å². The molecule has 38 heavy (non-hydrogen) atoms. The molecule has 10 heteroatoms. The minimum atomic E-state index is -3.81. The van der Waals surface area contributed by atoms with Gasteiger partial charge in [-0.25, -0.2) is 8.42 Å². The van der Waals surface area contributed by atoms with E-state index < -0.39 is 15.4 Å². The fourth-order valence-electron chi connectivity index (χ4n) is 4.22. The number of halogens is 2. The molecule has 0 radical (unpaired) electrons. The first kappa shape index (κ1) is 27.7. The molecule has 0 saturated heterocycles. The van der Waals surface area contributed by atoms with Crippen molar-refractivity contribution in [1.29, 1.82) is 0 Å². The molecule has 4 aromatic rings. The molecule has 0 saturated carbocycles. The number of nitrogens with one attached hydrogen (secondary N) is 1. The Morgan fingerprint density at radius 1 is 0.947 bits per heavy atom. The van der Waals surface area contributed by atoms with Crippen LogP contribution in [0.2, 0.25) is 10.0 Å². The van der Waals surface area contributed by atoms with E-state index in [1.807, 2.05) is 30.3 Å². The molecule has 0 bridgehead atoms. The van der Waals surface area contributed by atoms with Gasteiger partial charge in [0.2, 0.25) is 0 Å². The number of rotatable bonds is 9. The van der Waals surface area contributed by atoms with Crippen LogP contribution in [0, 0.1) is 0 Å². The van der Waals surface area contributed by atoms with E-state index in [4.69, 9.17) is 27.9 Å². The van der Waals surface area contributed by atoms with Gasteiger partial charge in [-0.15, -0.1) is 0 Å². The molecule has 0 spiro atoms. The van der Waals surface area contributed by atoms with Crippen molar-refractivity contribution in [2.75, 3.05) is 19.9 Å². The number of nitrogens with zero attached hydrogens (tertiary/aromatic N) is 1. The number of fused-ring (bicyclic) bond motifs is 1. The Bertz CT molecular complexity index is 1650. The van der Waals surface area contributed by atoms with Gasteiger partial charge in [-0.2, -0.15) is 0 Å². The summed E-state index contributed by atoms with van der Waals surface area (Å²) >= 11 is 12.0. The average molecular weight is 573 g/mol. The van der Waals surface area contributed by atoms with Crippen LogP contribution in [0.5, 0.6) is 5.75 Å². The van der Waals surface area contributed by atoms with Crippen molar-refractivity contribution in [3.8, 4) is 5.75 Å². The third kappa shape index (κ3) is 6.56. The summed E-state index contributed by atoms with van der Waals surface area (Å²) in [5, 5.41) is 1.40. The number of aromatic nitrogens is 1. The number of pyridine rings is 1. The van der Waals surface area contributed by atoms with Crippen molar-refractivity contribution in [2.24, 2.45) is 0 Å². The quantitative estimate of drug-likeness (QED) is 0.302. The predicted octanol–water partition coefficient (Wildman–Crippen LogP) is 5.06. The number of likely N-dealkylation sites (N-methyl/N-ethyl adjacent to an activating group) is 1. The fourth-order valence-corrected chi connectivity index (χ4v) is 5.59. The van der Waals surface area contributed by atoms with Crippen molar-refractivity contribution < 1.29 is 17.9 Å². The Kier molecular flexibility index (Phi) is 8.45. The highest BCUT2D eigenvalue weighted by molar-refractivity contribution is 7.90. The van der Waals surface area contributed by atoms with Crippen LogP contribution in [-0.4, -0.2) is 44.1 Å². The highest BCUT2D eigenvalue weighted by Gasteiger charge is 2.22. The molecule has 1 heterocycles. The van der Waals surface area contributed by atoms with Crippen molar-refractivity contribution in [3.05, 3.63) is 104 Å². The van der Waals surface area contributed by atoms with Crippen LogP contribution in [0.25, 0.3) is 10.9 Å². The maximum atomic E-state index is 12.7. The van der Waals surface area contributed by atoms with Gasteiger partial charge in [0.05, 0.1) is 10.0 Å². The smallest absolute Gasteiger partial charge is 0.267 e. The number of aromatic amines is 1. The maximum absolute atomic E-state index is 12.7. The van der Waals surface area contributed by atoms with Gasteiger partial charge in [0.1, 0.15) is 10.6 Å². The molecule has 1 aromatic heterocycles. The monoisotopic (exact) mass is 572 g/mol. The van der Waals surface area contributed by atoms with Crippen molar-refractivity contribution in [3.63, 3.8) is 0 Å². The summed E-state index contributed by atoms with van der Waals surface area (Å²) in [7, 11) is -2.16. The van der Waals surface area contributed by atoms with Gasteiger partial charge in [0.25, 0.3) is 11.5 Å². The summed E-state index contributed by atoms with van der Waals surface area (Å²) < 4.78 is 30.9. The van der Waals surface area contributed by atoms with Gasteiger partial charge >= 0.3 is 0 Å². The number of hydrogen-bond donors (Lipinski definition) is 1. The lowest BCUT2D eigenvalue weighted by atomic mass is 10.0. The van der Waals surface area contributed by atoms with Crippen LogP contribution < -0.4 is 10.3 Å². The minimum absolute atomic E-state index is 0.231. The van der Waals surface area contributed by atoms with E-state index in [0.717, 1.165) is 17.4 Å². The zero-order valence-corrected chi connectivity index (χ0v) is 23.2. The molecule has 0 aliphatic rings. The van der Waals surface area contributed by atoms with E-state index in [9.17, 15) is 18.0 Å². The lowest BCUT2D eigenvalue weighted by Gasteiger charge is -2.18. The Labute approximate surface area is 230 Å². The molecule has 0 aliphatic carbocycles. The first-order valence-corrected chi connectivity index (χ1v) is 14.4. The molecule has 7 nitrogen and oxygen atoms in total. The van der Waals surface area contributed by atoms with Crippen LogP contribution in [0.15, 0.2) is 76.4 Å². The summed E-state index contributed by atoms with van der Waals surface area (Å²) in [5.74, 6) is 0.111. The standard InChI is InChI=1S/C28H26Cl2N2O5S/c1-32(16-19-9-12-23(29)24(30)14-19)26(33)17-37-20-10-13-25-22(15-20)21(11-8-18-6-4-3-5-7-18)27(28(34)31-25)38(2,35)36/h3-7,9-10,12-15H,8,11,16-17H2,1-2H3,(H,31,34). The number of benzene rings is 3. The second kappa shape index (κ2) is 11.6. The Balaban J connectivity index is 1.58. The van der Waals surface area contributed by atoms with Crippen LogP contribution in [-0.2, 0) is 34.0 Å². The number of hydrogen-bond acceptors (Lipinski definition) is 5. The van der Waals surface area contributed by atoms with Crippen molar-refractivity contribution in [1.82, 2.24) is 9.88 Å². The van der Waals surface area contributed by atoms with Gasteiger partial charge < -0.3 is 14.6 Å². The number of amides is 1. The molecular formula is C28H26Cl2N2O5S. The number of aryl methyl sites for hydroxylation is 2. The number of H-pyrrole nitrogens is 1. The Hall–Kier alpha value is -3.33. The summed E-state index contributed by atoms with van der Waals surface area (Å²) in [6, 6.07) is 19.7. The lowest BCUT2D eigenvalue weighted by Crippen LogP contribution is -2.31. The molecule has 1 amide bonds. The number of carbonyl (C=O) groups excluding carboxylic acids is 1. The number of ether oxygens (including phenoxy) is 1. The van der Waals surface area contributed by atoms with E-state index in [1.165, 1.54) is 4.90 Å². The first-order chi connectivity index (χ1) is 18.0. The van der Waals surface area contributed by atoms with Crippen molar-refractivity contribution >= 4 is 49.8 Å². The summed E-state index contributed by atoms with van der Waals surface area (Å²) in [5.41, 5.74) is 2.09. The second-order valence-corrected chi connectivity index (χ2v) is 11.8. The minimum Gasteiger partial charge on any atom is -0.484 e. The van der Waals surface area contributed by atoms with Gasteiger partial charge in [-0.3, -0.25) is 9.59 Å². The third-order valence-corrected chi connectivity index (χ3v) is 8.03. The molecule has 198 valence electrons. The number of sulfone groups is 1. The first-order valence-electron chi connectivity index (χ1n) is 11.8. The summed E-state index contributed by atoms with van der Waals surface area (Å²) in [6.07, 6.45) is 1.91.